The Morgan fingerprint density at radius 2 is 1.72 bits per heavy atom. The van der Waals surface area contributed by atoms with Crippen LogP contribution in [0.1, 0.15) is 31.4 Å². The van der Waals surface area contributed by atoms with Crippen LogP contribution in [-0.2, 0) is 5.41 Å². The molecule has 3 heteroatoms. The summed E-state index contributed by atoms with van der Waals surface area (Å²) in [7, 11) is 0. The highest BCUT2D eigenvalue weighted by Crippen LogP contribution is 2.65. The van der Waals surface area contributed by atoms with Gasteiger partial charge in [-0.2, -0.15) is 5.26 Å². The number of aryl methyl sites for hydroxylation is 1. The zero-order valence-electron chi connectivity index (χ0n) is 11.0. The molecule has 1 heterocycles. The van der Waals surface area contributed by atoms with Crippen LogP contribution in [0.15, 0.2) is 12.1 Å². The van der Waals surface area contributed by atoms with Crippen LogP contribution in [-0.4, -0.2) is 13.2 Å². The Morgan fingerprint density at radius 1 is 1.17 bits per heavy atom. The first kappa shape index (κ1) is 11.4. The molecule has 1 aromatic carbocycles. The Morgan fingerprint density at radius 3 is 2.22 bits per heavy atom. The number of hydrogen-bond donors (Lipinski definition) is 0. The standard InChI is InChI=1S/C15H17NO2/c1-10-6-12-13(18-5-4-17-12)7-11(10)15(9-16)8-14(15,2)3/h6-7H,4-5,8H2,1-3H3. The molecule has 1 saturated carbocycles. The molecule has 3 rings (SSSR count). The fraction of sp³-hybridized carbons (Fsp3) is 0.533. The summed E-state index contributed by atoms with van der Waals surface area (Å²) in [5, 5.41) is 9.55. The number of rotatable bonds is 1. The van der Waals surface area contributed by atoms with Crippen molar-refractivity contribution in [1.82, 2.24) is 0 Å². The summed E-state index contributed by atoms with van der Waals surface area (Å²) in [6, 6.07) is 6.51. The number of nitriles is 1. The average molecular weight is 243 g/mol. The van der Waals surface area contributed by atoms with Crippen LogP contribution in [0.3, 0.4) is 0 Å². The molecule has 3 nitrogen and oxygen atoms in total. The van der Waals surface area contributed by atoms with Gasteiger partial charge in [0.25, 0.3) is 0 Å². The minimum atomic E-state index is -0.354. The van der Waals surface area contributed by atoms with E-state index >= 15 is 0 Å². The molecule has 0 radical (unpaired) electrons. The van der Waals surface area contributed by atoms with Gasteiger partial charge in [-0.25, -0.2) is 0 Å². The summed E-state index contributed by atoms with van der Waals surface area (Å²) in [6.07, 6.45) is 0.914. The number of benzene rings is 1. The van der Waals surface area contributed by atoms with Crippen molar-refractivity contribution in [3.8, 4) is 17.6 Å². The Bertz CT molecular complexity index is 556. The van der Waals surface area contributed by atoms with Gasteiger partial charge in [-0.05, 0) is 42.0 Å². The molecule has 0 N–H and O–H groups in total. The van der Waals surface area contributed by atoms with Crippen LogP contribution in [0.5, 0.6) is 11.5 Å². The lowest BCUT2D eigenvalue weighted by atomic mass is 9.86. The van der Waals surface area contributed by atoms with Gasteiger partial charge >= 0.3 is 0 Å². The molecule has 0 aromatic heterocycles. The first-order chi connectivity index (χ1) is 8.50. The lowest BCUT2D eigenvalue weighted by molar-refractivity contribution is 0.171. The maximum Gasteiger partial charge on any atom is 0.161 e. The molecule has 0 amide bonds. The predicted molar refractivity (Wildman–Crippen MR) is 67.9 cm³/mol. The molecule has 0 spiro atoms. The highest BCUT2D eigenvalue weighted by molar-refractivity contribution is 5.56. The lowest BCUT2D eigenvalue weighted by Gasteiger charge is -2.23. The molecule has 94 valence electrons. The Balaban J connectivity index is 2.12. The van der Waals surface area contributed by atoms with Crippen molar-refractivity contribution < 1.29 is 9.47 Å². The fourth-order valence-corrected chi connectivity index (χ4v) is 2.98. The van der Waals surface area contributed by atoms with E-state index in [0.29, 0.717) is 13.2 Å². The topological polar surface area (TPSA) is 42.2 Å². The summed E-state index contributed by atoms with van der Waals surface area (Å²) in [4.78, 5) is 0. The summed E-state index contributed by atoms with van der Waals surface area (Å²) >= 11 is 0. The average Bonchev–Trinajstić information content (AvgIpc) is 2.92. The first-order valence-corrected chi connectivity index (χ1v) is 6.32. The highest BCUT2D eigenvalue weighted by atomic mass is 16.6. The molecule has 1 atom stereocenters. The maximum absolute atomic E-state index is 9.55. The van der Waals surface area contributed by atoms with Gasteiger partial charge in [0.1, 0.15) is 13.2 Å². The van der Waals surface area contributed by atoms with Gasteiger partial charge in [-0.3, -0.25) is 0 Å². The molecule has 0 saturated heterocycles. The normalized spacial score (nSPS) is 27.4. The van der Waals surface area contributed by atoms with E-state index in [-0.39, 0.29) is 10.8 Å². The largest absolute Gasteiger partial charge is 0.486 e. The van der Waals surface area contributed by atoms with Gasteiger partial charge < -0.3 is 9.47 Å². The summed E-state index contributed by atoms with van der Waals surface area (Å²) in [5.41, 5.74) is 1.91. The molecular formula is C15H17NO2. The van der Waals surface area contributed by atoms with Crippen LogP contribution in [0.4, 0.5) is 0 Å². The van der Waals surface area contributed by atoms with Crippen LogP contribution in [0.2, 0.25) is 0 Å². The minimum Gasteiger partial charge on any atom is -0.486 e. The molecule has 0 bridgehead atoms. The third-order valence-corrected chi connectivity index (χ3v) is 4.28. The fourth-order valence-electron chi connectivity index (χ4n) is 2.98. The lowest BCUT2D eigenvalue weighted by Crippen LogP contribution is -2.18. The van der Waals surface area contributed by atoms with Gasteiger partial charge in [0.15, 0.2) is 11.5 Å². The number of fused-ring (bicyclic) bond motifs is 1. The Hall–Kier alpha value is -1.69. The SMILES string of the molecule is Cc1cc2c(cc1C1(C#N)CC1(C)C)OCCO2. The van der Waals surface area contributed by atoms with Crippen molar-refractivity contribution in [2.75, 3.05) is 13.2 Å². The molecule has 1 fully saturated rings. The summed E-state index contributed by atoms with van der Waals surface area (Å²) < 4.78 is 11.2. The van der Waals surface area contributed by atoms with E-state index in [1.165, 1.54) is 0 Å². The smallest absolute Gasteiger partial charge is 0.161 e. The van der Waals surface area contributed by atoms with E-state index < -0.39 is 0 Å². The summed E-state index contributed by atoms with van der Waals surface area (Å²) in [6.45, 7) is 7.51. The van der Waals surface area contributed by atoms with Crippen LogP contribution in [0, 0.1) is 23.7 Å². The quantitative estimate of drug-likeness (QED) is 0.761. The van der Waals surface area contributed by atoms with Gasteiger partial charge in [0.2, 0.25) is 0 Å². The minimum absolute atomic E-state index is 0.0519. The summed E-state index contributed by atoms with van der Waals surface area (Å²) in [5.74, 6) is 1.58. The number of nitrogens with zero attached hydrogens (tertiary/aromatic N) is 1. The van der Waals surface area contributed by atoms with Gasteiger partial charge in [0.05, 0.1) is 11.5 Å². The monoisotopic (exact) mass is 243 g/mol. The number of hydrogen-bond acceptors (Lipinski definition) is 3. The molecule has 1 aliphatic heterocycles. The maximum atomic E-state index is 9.55. The molecule has 1 aliphatic carbocycles. The van der Waals surface area contributed by atoms with Crippen LogP contribution in [0.25, 0.3) is 0 Å². The van der Waals surface area contributed by atoms with E-state index in [9.17, 15) is 5.26 Å². The molecule has 2 aliphatic rings. The molecule has 1 aromatic rings. The Labute approximate surface area is 107 Å². The van der Waals surface area contributed by atoms with Crippen molar-refractivity contribution in [3.63, 3.8) is 0 Å². The second-order valence-electron chi connectivity index (χ2n) is 5.89. The zero-order chi connectivity index (χ0) is 13.0. The van der Waals surface area contributed by atoms with E-state index in [1.807, 2.05) is 19.1 Å². The molecule has 18 heavy (non-hydrogen) atoms. The van der Waals surface area contributed by atoms with Crippen molar-refractivity contribution >= 4 is 0 Å². The van der Waals surface area contributed by atoms with Gasteiger partial charge in [0, 0.05) is 0 Å². The first-order valence-electron chi connectivity index (χ1n) is 6.32. The third-order valence-electron chi connectivity index (χ3n) is 4.28. The van der Waals surface area contributed by atoms with Gasteiger partial charge in [-0.1, -0.05) is 13.8 Å². The van der Waals surface area contributed by atoms with Crippen LogP contribution >= 0.6 is 0 Å². The van der Waals surface area contributed by atoms with E-state index in [1.54, 1.807) is 0 Å². The van der Waals surface area contributed by atoms with Gasteiger partial charge in [-0.15, -0.1) is 0 Å². The van der Waals surface area contributed by atoms with E-state index in [4.69, 9.17) is 9.47 Å². The van der Waals surface area contributed by atoms with Crippen molar-refractivity contribution in [2.45, 2.75) is 32.6 Å². The number of ether oxygens (including phenoxy) is 2. The highest BCUT2D eigenvalue weighted by Gasteiger charge is 2.63. The predicted octanol–water partition coefficient (Wildman–Crippen LogP) is 2.96. The molecule has 1 unspecified atom stereocenters. The van der Waals surface area contributed by atoms with Crippen molar-refractivity contribution in [2.24, 2.45) is 5.41 Å². The van der Waals surface area contributed by atoms with Crippen molar-refractivity contribution in [3.05, 3.63) is 23.3 Å². The second kappa shape index (κ2) is 3.41. The van der Waals surface area contributed by atoms with E-state index in [2.05, 4.69) is 19.9 Å². The van der Waals surface area contributed by atoms with E-state index in [0.717, 1.165) is 29.0 Å². The Kier molecular flexibility index (Phi) is 2.16. The second-order valence-corrected chi connectivity index (χ2v) is 5.89. The van der Waals surface area contributed by atoms with Crippen LogP contribution < -0.4 is 9.47 Å². The molecular weight excluding hydrogens is 226 g/mol. The third kappa shape index (κ3) is 1.35. The van der Waals surface area contributed by atoms with Crippen molar-refractivity contribution in [1.29, 1.82) is 5.26 Å². The zero-order valence-corrected chi connectivity index (χ0v) is 11.0.